The molecule has 1 saturated heterocycles. The number of hydrogen-bond acceptors (Lipinski definition) is 3. The van der Waals surface area contributed by atoms with Gasteiger partial charge in [-0.15, -0.1) is 24.0 Å². The Hall–Kier alpha value is -1.65. The van der Waals surface area contributed by atoms with E-state index in [9.17, 15) is 8.42 Å². The molecule has 31 heavy (non-hydrogen) atoms. The highest BCUT2D eigenvalue weighted by atomic mass is 127. The van der Waals surface area contributed by atoms with Crippen LogP contribution in [0.15, 0.2) is 64.5 Å². The van der Waals surface area contributed by atoms with Crippen LogP contribution in [0.4, 0.5) is 0 Å². The first kappa shape index (κ1) is 25.6. The first-order valence-corrected chi connectivity index (χ1v) is 12.1. The van der Waals surface area contributed by atoms with Crippen molar-refractivity contribution in [3.05, 3.63) is 65.7 Å². The minimum absolute atomic E-state index is 0. The van der Waals surface area contributed by atoms with Crippen LogP contribution in [0.2, 0.25) is 0 Å². The second-order valence-corrected chi connectivity index (χ2v) is 9.39. The van der Waals surface area contributed by atoms with Crippen molar-refractivity contribution in [2.24, 2.45) is 16.0 Å². The fourth-order valence-electron chi connectivity index (χ4n) is 4.27. The highest BCUT2D eigenvalue weighted by molar-refractivity contribution is 14.0. The molecule has 0 spiro atoms. The molecule has 0 amide bonds. The van der Waals surface area contributed by atoms with E-state index in [1.54, 1.807) is 12.1 Å². The number of rotatable bonds is 6. The van der Waals surface area contributed by atoms with E-state index in [1.165, 1.54) is 5.56 Å². The number of guanidine groups is 1. The molecular weight excluding hydrogens is 523 g/mol. The monoisotopic (exact) mass is 556 g/mol. The van der Waals surface area contributed by atoms with E-state index in [0.29, 0.717) is 11.8 Å². The molecule has 2 unspecified atom stereocenters. The fraction of sp³-hybridized carbons (Fsp3) is 0.435. The van der Waals surface area contributed by atoms with Gasteiger partial charge in [0, 0.05) is 26.7 Å². The van der Waals surface area contributed by atoms with Crippen molar-refractivity contribution in [3.63, 3.8) is 0 Å². The Morgan fingerprint density at radius 3 is 2.42 bits per heavy atom. The quantitative estimate of drug-likeness (QED) is 0.324. The van der Waals surface area contributed by atoms with E-state index >= 15 is 0 Å². The van der Waals surface area contributed by atoms with Crippen molar-refractivity contribution in [2.45, 2.75) is 37.0 Å². The SMILES string of the molecule is CCC1CN(C(=NC)NCCc2ccc(S(N)(=O)=O)cc2)CCC1c1ccccc1.I. The van der Waals surface area contributed by atoms with Crippen molar-refractivity contribution in [1.82, 2.24) is 10.2 Å². The van der Waals surface area contributed by atoms with Crippen LogP contribution in [0, 0.1) is 5.92 Å². The first-order chi connectivity index (χ1) is 14.4. The Balaban J connectivity index is 0.00000341. The van der Waals surface area contributed by atoms with Crippen LogP contribution < -0.4 is 10.5 Å². The lowest BCUT2D eigenvalue weighted by Crippen LogP contribution is -2.48. The van der Waals surface area contributed by atoms with Crippen molar-refractivity contribution in [2.75, 3.05) is 26.7 Å². The van der Waals surface area contributed by atoms with Gasteiger partial charge in [-0.3, -0.25) is 4.99 Å². The van der Waals surface area contributed by atoms with E-state index in [4.69, 9.17) is 5.14 Å². The van der Waals surface area contributed by atoms with Gasteiger partial charge in [-0.2, -0.15) is 0 Å². The maximum Gasteiger partial charge on any atom is 0.238 e. The molecule has 2 aromatic carbocycles. The molecule has 1 fully saturated rings. The number of aliphatic imine (C=N–C) groups is 1. The van der Waals surface area contributed by atoms with Crippen LogP contribution in [-0.4, -0.2) is 46.0 Å². The van der Waals surface area contributed by atoms with E-state index in [1.807, 2.05) is 19.2 Å². The van der Waals surface area contributed by atoms with Crippen LogP contribution in [0.25, 0.3) is 0 Å². The number of hydrogen-bond donors (Lipinski definition) is 2. The summed E-state index contributed by atoms with van der Waals surface area (Å²) in [6, 6.07) is 17.6. The minimum atomic E-state index is -3.65. The number of nitrogens with one attached hydrogen (secondary N) is 1. The lowest BCUT2D eigenvalue weighted by atomic mass is 9.79. The zero-order valence-electron chi connectivity index (χ0n) is 18.2. The molecule has 0 aliphatic carbocycles. The number of sulfonamides is 1. The average Bonchev–Trinajstić information content (AvgIpc) is 2.76. The van der Waals surface area contributed by atoms with Crippen LogP contribution >= 0.6 is 24.0 Å². The number of likely N-dealkylation sites (tertiary alicyclic amines) is 1. The Bertz CT molecular complexity index is 949. The van der Waals surface area contributed by atoms with Gasteiger partial charge >= 0.3 is 0 Å². The van der Waals surface area contributed by atoms with E-state index in [-0.39, 0.29) is 28.9 Å². The van der Waals surface area contributed by atoms with Gasteiger partial charge in [0.25, 0.3) is 0 Å². The Morgan fingerprint density at radius 2 is 1.84 bits per heavy atom. The predicted octanol–water partition coefficient (Wildman–Crippen LogP) is 3.59. The topological polar surface area (TPSA) is 87.8 Å². The molecule has 2 aromatic rings. The second-order valence-electron chi connectivity index (χ2n) is 7.83. The van der Waals surface area contributed by atoms with Gasteiger partial charge in [0.05, 0.1) is 4.90 Å². The maximum absolute atomic E-state index is 11.4. The summed E-state index contributed by atoms with van der Waals surface area (Å²) in [6.07, 6.45) is 3.04. The molecule has 1 aliphatic rings. The number of primary sulfonamides is 1. The standard InChI is InChI=1S/C23H32N4O2S.HI/c1-3-19-17-27(16-14-22(19)20-7-5-4-6-8-20)23(25-2)26-15-13-18-9-11-21(12-10-18)30(24,28)29;/h4-12,19,22H,3,13-17H2,1-2H3,(H,25,26)(H2,24,28,29);1H. The molecule has 6 nitrogen and oxygen atoms in total. The van der Waals surface area contributed by atoms with E-state index in [2.05, 4.69) is 52.5 Å². The summed E-state index contributed by atoms with van der Waals surface area (Å²) in [5, 5.41) is 8.62. The molecule has 8 heteroatoms. The van der Waals surface area contributed by atoms with E-state index in [0.717, 1.165) is 50.4 Å². The molecule has 1 aliphatic heterocycles. The molecule has 0 radical (unpaired) electrons. The van der Waals surface area contributed by atoms with Gasteiger partial charge in [0.15, 0.2) is 5.96 Å². The third-order valence-electron chi connectivity index (χ3n) is 5.95. The summed E-state index contributed by atoms with van der Waals surface area (Å²) < 4.78 is 22.7. The normalized spacial score (nSPS) is 19.6. The van der Waals surface area contributed by atoms with E-state index < -0.39 is 10.0 Å². The number of halogens is 1. The van der Waals surface area contributed by atoms with Crippen molar-refractivity contribution in [1.29, 1.82) is 0 Å². The lowest BCUT2D eigenvalue weighted by molar-refractivity contribution is 0.216. The molecule has 0 bridgehead atoms. The van der Waals surface area contributed by atoms with Gasteiger partial charge in [0.1, 0.15) is 0 Å². The molecule has 170 valence electrons. The molecule has 3 rings (SSSR count). The van der Waals surface area contributed by atoms with Crippen LogP contribution in [0.5, 0.6) is 0 Å². The summed E-state index contributed by atoms with van der Waals surface area (Å²) in [6.45, 7) is 4.99. The Morgan fingerprint density at radius 1 is 1.16 bits per heavy atom. The first-order valence-electron chi connectivity index (χ1n) is 10.5. The Labute approximate surface area is 203 Å². The van der Waals surface area contributed by atoms with Gasteiger partial charge in [0.2, 0.25) is 10.0 Å². The molecule has 0 aromatic heterocycles. The number of nitrogens with two attached hydrogens (primary N) is 1. The molecular formula is C23H33IN4O2S. The van der Waals surface area contributed by atoms with Crippen molar-refractivity contribution < 1.29 is 8.42 Å². The minimum Gasteiger partial charge on any atom is -0.356 e. The van der Waals surface area contributed by atoms with Crippen LogP contribution in [0.1, 0.15) is 36.8 Å². The summed E-state index contributed by atoms with van der Waals surface area (Å²) >= 11 is 0. The molecule has 2 atom stereocenters. The van der Waals surface area contributed by atoms with Gasteiger partial charge in [-0.05, 0) is 47.9 Å². The van der Waals surface area contributed by atoms with Crippen LogP contribution in [-0.2, 0) is 16.4 Å². The largest absolute Gasteiger partial charge is 0.356 e. The number of piperidine rings is 1. The lowest BCUT2D eigenvalue weighted by Gasteiger charge is -2.40. The summed E-state index contributed by atoms with van der Waals surface area (Å²) in [7, 11) is -1.82. The van der Waals surface area contributed by atoms with Gasteiger partial charge < -0.3 is 10.2 Å². The molecule has 1 heterocycles. The number of benzene rings is 2. The number of nitrogens with zero attached hydrogens (tertiary/aromatic N) is 2. The van der Waals surface area contributed by atoms with Crippen LogP contribution in [0.3, 0.4) is 0 Å². The van der Waals surface area contributed by atoms with Crippen molar-refractivity contribution >= 4 is 40.0 Å². The summed E-state index contributed by atoms with van der Waals surface area (Å²) in [4.78, 5) is 6.99. The smallest absolute Gasteiger partial charge is 0.238 e. The molecule has 0 saturated carbocycles. The third kappa shape index (κ3) is 6.92. The summed E-state index contributed by atoms with van der Waals surface area (Å²) in [5.74, 6) is 2.13. The third-order valence-corrected chi connectivity index (χ3v) is 6.88. The summed E-state index contributed by atoms with van der Waals surface area (Å²) in [5.41, 5.74) is 2.49. The van der Waals surface area contributed by atoms with Gasteiger partial charge in [-0.1, -0.05) is 55.8 Å². The molecule has 3 N–H and O–H groups in total. The van der Waals surface area contributed by atoms with Gasteiger partial charge in [-0.25, -0.2) is 13.6 Å². The zero-order valence-corrected chi connectivity index (χ0v) is 21.3. The maximum atomic E-state index is 11.4. The zero-order chi connectivity index (χ0) is 21.6. The fourth-order valence-corrected chi connectivity index (χ4v) is 4.79. The second kappa shape index (κ2) is 11.8. The average molecular weight is 557 g/mol. The highest BCUT2D eigenvalue weighted by Gasteiger charge is 2.30. The highest BCUT2D eigenvalue weighted by Crippen LogP contribution is 2.34. The predicted molar refractivity (Wildman–Crippen MR) is 137 cm³/mol. The Kier molecular flexibility index (Phi) is 9.77. The van der Waals surface area contributed by atoms with Crippen molar-refractivity contribution in [3.8, 4) is 0 Å².